The van der Waals surface area contributed by atoms with Crippen LogP contribution in [0.3, 0.4) is 0 Å². The molecule has 23 heavy (non-hydrogen) atoms. The Morgan fingerprint density at radius 2 is 1.52 bits per heavy atom. The number of anilines is 1. The highest BCUT2D eigenvalue weighted by atomic mass is 15.4. The van der Waals surface area contributed by atoms with Gasteiger partial charge in [0.1, 0.15) is 0 Å². The fourth-order valence-electron chi connectivity index (χ4n) is 3.20. The molecule has 2 aliphatic carbocycles. The summed E-state index contributed by atoms with van der Waals surface area (Å²) >= 11 is 0. The second-order valence-corrected chi connectivity index (χ2v) is 5.82. The zero-order chi connectivity index (χ0) is 15.5. The van der Waals surface area contributed by atoms with Crippen molar-refractivity contribution in [2.75, 3.05) is 11.6 Å². The van der Waals surface area contributed by atoms with E-state index in [1.54, 1.807) is 0 Å². The van der Waals surface area contributed by atoms with Crippen molar-refractivity contribution >= 4 is 5.69 Å². The van der Waals surface area contributed by atoms with Gasteiger partial charge in [0.2, 0.25) is 0 Å². The van der Waals surface area contributed by atoms with Crippen LogP contribution in [0.15, 0.2) is 102 Å². The Morgan fingerprint density at radius 3 is 2.35 bits per heavy atom. The molecule has 0 unspecified atom stereocenters. The van der Waals surface area contributed by atoms with E-state index in [0.717, 1.165) is 19.5 Å². The first-order valence-corrected chi connectivity index (χ1v) is 8.13. The minimum absolute atomic E-state index is 0.858. The van der Waals surface area contributed by atoms with E-state index in [4.69, 9.17) is 0 Å². The van der Waals surface area contributed by atoms with Gasteiger partial charge in [-0.3, -0.25) is 0 Å². The van der Waals surface area contributed by atoms with Gasteiger partial charge in [-0.2, -0.15) is 0 Å². The van der Waals surface area contributed by atoms with E-state index >= 15 is 0 Å². The summed E-state index contributed by atoms with van der Waals surface area (Å²) in [5.74, 6) is 0. The molecule has 0 radical (unpaired) electrons. The number of hydrogen-bond donors (Lipinski definition) is 0. The van der Waals surface area contributed by atoms with Gasteiger partial charge in [-0.1, -0.05) is 54.7 Å². The van der Waals surface area contributed by atoms with Crippen molar-refractivity contribution in [3.05, 3.63) is 102 Å². The zero-order valence-corrected chi connectivity index (χ0v) is 13.1. The Balaban J connectivity index is 1.76. The van der Waals surface area contributed by atoms with Crippen molar-refractivity contribution in [2.24, 2.45) is 0 Å². The highest BCUT2D eigenvalue weighted by molar-refractivity contribution is 5.60. The van der Waals surface area contributed by atoms with Gasteiger partial charge in [0, 0.05) is 17.8 Å². The SMILES string of the molecule is C1=CC=C(N2CN(c3ccccc3)C3=C2C=CCC=C3)CC=C1. The normalized spacial score (nSPS) is 19.7. The minimum atomic E-state index is 0.858. The van der Waals surface area contributed by atoms with Crippen molar-refractivity contribution in [3.63, 3.8) is 0 Å². The van der Waals surface area contributed by atoms with Gasteiger partial charge in [0.25, 0.3) is 0 Å². The topological polar surface area (TPSA) is 6.48 Å². The largest absolute Gasteiger partial charge is 0.324 e. The summed E-state index contributed by atoms with van der Waals surface area (Å²) in [6, 6.07) is 10.6. The Kier molecular flexibility index (Phi) is 3.73. The third kappa shape index (κ3) is 2.68. The molecule has 1 aromatic carbocycles. The van der Waals surface area contributed by atoms with Gasteiger partial charge in [0.05, 0.1) is 18.1 Å². The maximum Gasteiger partial charge on any atom is 0.0998 e. The molecule has 4 rings (SSSR count). The second-order valence-electron chi connectivity index (χ2n) is 5.82. The predicted molar refractivity (Wildman–Crippen MR) is 96.5 cm³/mol. The van der Waals surface area contributed by atoms with Gasteiger partial charge in [0.15, 0.2) is 0 Å². The number of nitrogens with zero attached hydrogens (tertiary/aromatic N) is 2. The number of benzene rings is 1. The summed E-state index contributed by atoms with van der Waals surface area (Å²) in [6.45, 7) is 0.858. The van der Waals surface area contributed by atoms with Crippen LogP contribution in [0.1, 0.15) is 12.8 Å². The Morgan fingerprint density at radius 1 is 0.739 bits per heavy atom. The van der Waals surface area contributed by atoms with Crippen LogP contribution < -0.4 is 4.90 Å². The molecule has 0 fully saturated rings. The molecule has 3 aliphatic rings. The molecule has 0 N–H and O–H groups in total. The fourth-order valence-corrected chi connectivity index (χ4v) is 3.20. The molecular weight excluding hydrogens is 280 g/mol. The molecule has 0 amide bonds. The summed E-state index contributed by atoms with van der Waals surface area (Å²) in [4.78, 5) is 4.81. The summed E-state index contributed by atoms with van der Waals surface area (Å²) < 4.78 is 0. The van der Waals surface area contributed by atoms with Crippen molar-refractivity contribution in [2.45, 2.75) is 12.8 Å². The second kappa shape index (κ2) is 6.17. The van der Waals surface area contributed by atoms with E-state index in [9.17, 15) is 0 Å². The lowest BCUT2D eigenvalue weighted by Crippen LogP contribution is -2.27. The lowest BCUT2D eigenvalue weighted by atomic mass is 10.2. The molecule has 0 spiro atoms. The molecule has 2 nitrogen and oxygen atoms in total. The quantitative estimate of drug-likeness (QED) is 0.767. The zero-order valence-electron chi connectivity index (χ0n) is 13.1. The van der Waals surface area contributed by atoms with Crippen LogP contribution in [0.25, 0.3) is 0 Å². The molecule has 0 bridgehead atoms. The van der Waals surface area contributed by atoms with Crippen LogP contribution in [-0.4, -0.2) is 11.6 Å². The number of hydrogen-bond acceptors (Lipinski definition) is 2. The Labute approximate surface area is 137 Å². The van der Waals surface area contributed by atoms with Crippen LogP contribution in [-0.2, 0) is 0 Å². The molecule has 0 aromatic heterocycles. The molecule has 0 atom stereocenters. The molecule has 1 heterocycles. The highest BCUT2D eigenvalue weighted by Crippen LogP contribution is 2.35. The fraction of sp³-hybridized carbons (Fsp3) is 0.143. The first kappa shape index (κ1) is 13.9. The molecule has 2 heteroatoms. The van der Waals surface area contributed by atoms with Crippen molar-refractivity contribution < 1.29 is 0 Å². The Hall–Kier alpha value is -2.74. The molecule has 1 aliphatic heterocycles. The van der Waals surface area contributed by atoms with E-state index in [0.29, 0.717) is 0 Å². The van der Waals surface area contributed by atoms with Crippen LogP contribution in [0.2, 0.25) is 0 Å². The molecule has 0 saturated carbocycles. The molecule has 0 saturated heterocycles. The average molecular weight is 300 g/mol. The lowest BCUT2D eigenvalue weighted by Gasteiger charge is -2.25. The van der Waals surface area contributed by atoms with E-state index in [-0.39, 0.29) is 0 Å². The number of allylic oxidation sites excluding steroid dienone is 9. The smallest absolute Gasteiger partial charge is 0.0998 e. The number of rotatable bonds is 2. The lowest BCUT2D eigenvalue weighted by molar-refractivity contribution is 0.469. The first-order valence-electron chi connectivity index (χ1n) is 8.13. The van der Waals surface area contributed by atoms with Crippen LogP contribution in [0.4, 0.5) is 5.69 Å². The molecule has 1 aromatic rings. The highest BCUT2D eigenvalue weighted by Gasteiger charge is 2.29. The van der Waals surface area contributed by atoms with Gasteiger partial charge in [-0.05, 0) is 36.8 Å². The van der Waals surface area contributed by atoms with Gasteiger partial charge < -0.3 is 9.80 Å². The third-order valence-corrected chi connectivity index (χ3v) is 4.34. The first-order chi connectivity index (χ1) is 11.4. The van der Waals surface area contributed by atoms with E-state index in [1.165, 1.54) is 22.8 Å². The summed E-state index contributed by atoms with van der Waals surface area (Å²) in [6.07, 6.45) is 21.7. The van der Waals surface area contributed by atoms with Crippen molar-refractivity contribution in [1.82, 2.24) is 4.90 Å². The monoisotopic (exact) mass is 300 g/mol. The minimum Gasteiger partial charge on any atom is -0.324 e. The predicted octanol–water partition coefficient (Wildman–Crippen LogP) is 4.89. The number of para-hydroxylation sites is 1. The standard InChI is InChI=1S/C21H20N2/c1-2-6-12-18(11-5-1)22-17-23(19-13-7-3-8-14-19)21-16-10-4-9-15-20(21)22/h1-3,5-11,13-16H,4,12,17H2. The molecular formula is C21H20N2. The average Bonchev–Trinajstić information content (AvgIpc) is 2.83. The van der Waals surface area contributed by atoms with Gasteiger partial charge in [-0.15, -0.1) is 0 Å². The van der Waals surface area contributed by atoms with Gasteiger partial charge in [-0.25, -0.2) is 0 Å². The van der Waals surface area contributed by atoms with Crippen LogP contribution >= 0.6 is 0 Å². The molecule has 114 valence electrons. The van der Waals surface area contributed by atoms with E-state index < -0.39 is 0 Å². The van der Waals surface area contributed by atoms with Gasteiger partial charge >= 0.3 is 0 Å². The third-order valence-electron chi connectivity index (χ3n) is 4.34. The summed E-state index contributed by atoms with van der Waals surface area (Å²) in [7, 11) is 0. The Bertz CT molecular complexity index is 760. The van der Waals surface area contributed by atoms with E-state index in [1.807, 2.05) is 0 Å². The summed E-state index contributed by atoms with van der Waals surface area (Å²) in [5, 5.41) is 0. The van der Waals surface area contributed by atoms with Crippen LogP contribution in [0.5, 0.6) is 0 Å². The van der Waals surface area contributed by atoms with Crippen molar-refractivity contribution in [3.8, 4) is 0 Å². The van der Waals surface area contributed by atoms with Crippen molar-refractivity contribution in [1.29, 1.82) is 0 Å². The van der Waals surface area contributed by atoms with E-state index in [2.05, 4.69) is 94.8 Å². The summed E-state index contributed by atoms with van der Waals surface area (Å²) in [5.41, 5.74) is 5.14. The maximum atomic E-state index is 2.43. The van der Waals surface area contributed by atoms with Crippen LogP contribution in [0, 0.1) is 0 Å². The maximum absolute atomic E-state index is 2.43.